The molecule has 0 radical (unpaired) electrons. The predicted octanol–water partition coefficient (Wildman–Crippen LogP) is 4.34. The molecule has 9 nitrogen and oxygen atoms in total. The van der Waals surface area contributed by atoms with Gasteiger partial charge in [-0.15, -0.1) is 5.10 Å². The molecule has 4 rings (SSSR count). The summed E-state index contributed by atoms with van der Waals surface area (Å²) in [5, 5.41) is 14.0. The summed E-state index contributed by atoms with van der Waals surface area (Å²) in [5.41, 5.74) is 2.80. The first-order valence-corrected chi connectivity index (χ1v) is 13.6. The van der Waals surface area contributed by atoms with Crippen molar-refractivity contribution in [1.82, 2.24) is 30.3 Å². The Morgan fingerprint density at radius 3 is 2.62 bits per heavy atom. The van der Waals surface area contributed by atoms with Gasteiger partial charge >= 0.3 is 6.18 Å². The molecule has 216 valence electrons. The molecule has 0 spiro atoms. The maximum atomic E-state index is 12.5. The topological polar surface area (TPSA) is 104 Å². The van der Waals surface area contributed by atoms with Crippen LogP contribution >= 0.6 is 0 Å². The summed E-state index contributed by atoms with van der Waals surface area (Å²) < 4.78 is 38.9. The number of rotatable bonds is 10. The van der Waals surface area contributed by atoms with Gasteiger partial charge in [0.15, 0.2) is 5.82 Å². The number of allylic oxidation sites excluding steroid dienone is 1. The number of hydrogen-bond acceptors (Lipinski definition) is 6. The molecule has 0 aliphatic carbocycles. The van der Waals surface area contributed by atoms with E-state index in [9.17, 15) is 22.8 Å². The van der Waals surface area contributed by atoms with Crippen LogP contribution in [0.3, 0.4) is 0 Å². The highest BCUT2D eigenvalue weighted by Gasteiger charge is 2.30. The number of amides is 2. The van der Waals surface area contributed by atoms with Crippen LogP contribution in [-0.4, -0.2) is 69.9 Å². The number of nitrogens with zero attached hydrogens (tertiary/aromatic N) is 4. The molecule has 1 aromatic heterocycles. The first kappa shape index (κ1) is 29.3. The van der Waals surface area contributed by atoms with Gasteiger partial charge in [0.05, 0.1) is 6.42 Å². The van der Waals surface area contributed by atoms with Crippen LogP contribution in [0.2, 0.25) is 0 Å². The van der Waals surface area contributed by atoms with E-state index in [1.54, 1.807) is 42.1 Å². The van der Waals surface area contributed by atoms with Gasteiger partial charge in [-0.05, 0) is 62.1 Å². The molecule has 0 bridgehead atoms. The molecule has 1 atom stereocenters. The number of piperidine rings is 1. The van der Waals surface area contributed by atoms with Crippen LogP contribution in [0.25, 0.3) is 5.57 Å². The summed E-state index contributed by atoms with van der Waals surface area (Å²) in [7, 11) is 1.74. The number of nitrogens with one attached hydrogen (secondary N) is 3. The van der Waals surface area contributed by atoms with E-state index < -0.39 is 24.9 Å². The number of halogens is 3. The predicted molar refractivity (Wildman–Crippen MR) is 147 cm³/mol. The van der Waals surface area contributed by atoms with E-state index in [-0.39, 0.29) is 12.5 Å². The van der Waals surface area contributed by atoms with Crippen molar-refractivity contribution in [2.45, 2.75) is 57.2 Å². The number of hydrogen-bond donors (Lipinski definition) is 3. The van der Waals surface area contributed by atoms with Gasteiger partial charge in [-0.25, -0.2) is 4.68 Å². The third-order valence-corrected chi connectivity index (χ3v) is 7.20. The van der Waals surface area contributed by atoms with Crippen LogP contribution in [-0.2, 0) is 11.8 Å². The Morgan fingerprint density at radius 2 is 1.98 bits per heavy atom. The van der Waals surface area contributed by atoms with E-state index in [0.717, 1.165) is 30.6 Å². The van der Waals surface area contributed by atoms with E-state index in [1.165, 1.54) is 17.7 Å². The van der Waals surface area contributed by atoms with Crippen molar-refractivity contribution in [3.8, 4) is 0 Å². The highest BCUT2D eigenvalue weighted by molar-refractivity contribution is 5.94. The van der Waals surface area contributed by atoms with Crippen molar-refractivity contribution in [2.24, 2.45) is 7.05 Å². The summed E-state index contributed by atoms with van der Waals surface area (Å²) in [4.78, 5) is 30.6. The Morgan fingerprint density at radius 1 is 1.20 bits per heavy atom. The molecule has 2 aliphatic rings. The molecule has 1 aromatic carbocycles. The Kier molecular flexibility index (Phi) is 9.62. The largest absolute Gasteiger partial charge is 0.389 e. The Hall–Kier alpha value is -3.67. The smallest absolute Gasteiger partial charge is 0.352 e. The third kappa shape index (κ3) is 8.17. The molecule has 12 heteroatoms. The fourth-order valence-electron chi connectivity index (χ4n) is 4.89. The fourth-order valence-corrected chi connectivity index (χ4v) is 4.89. The molecule has 1 unspecified atom stereocenters. The van der Waals surface area contributed by atoms with Crippen LogP contribution in [0.4, 0.5) is 24.8 Å². The Balaban J connectivity index is 1.28. The summed E-state index contributed by atoms with van der Waals surface area (Å²) >= 11 is 0. The van der Waals surface area contributed by atoms with Crippen molar-refractivity contribution in [2.75, 3.05) is 31.5 Å². The molecule has 2 aromatic rings. The van der Waals surface area contributed by atoms with Gasteiger partial charge in [0.25, 0.3) is 5.91 Å². The molecule has 1 fully saturated rings. The first-order valence-electron chi connectivity index (χ1n) is 13.6. The first-order chi connectivity index (χ1) is 19.1. The van der Waals surface area contributed by atoms with E-state index >= 15 is 0 Å². The lowest BCUT2D eigenvalue weighted by Gasteiger charge is -2.27. The molecule has 1 saturated heterocycles. The maximum Gasteiger partial charge on any atom is 0.389 e. The lowest BCUT2D eigenvalue weighted by atomic mass is 10.00. The minimum Gasteiger partial charge on any atom is -0.352 e. The SMILES string of the molecule is C=C(C1=CCN(C(=O)CCC(F)(F)F)CC1)c1nc(Nc2ccc(C(=O)NCCC3CCCCN3)cc2)nn1C. The van der Waals surface area contributed by atoms with Gasteiger partial charge in [-0.2, -0.15) is 18.2 Å². The van der Waals surface area contributed by atoms with Crippen LogP contribution in [0.1, 0.15) is 61.1 Å². The van der Waals surface area contributed by atoms with E-state index in [2.05, 4.69) is 32.6 Å². The van der Waals surface area contributed by atoms with Gasteiger partial charge < -0.3 is 20.9 Å². The summed E-state index contributed by atoms with van der Waals surface area (Å²) in [6.45, 7) is 6.36. The number of carbonyl (C=O) groups excluding carboxylic acids is 2. The van der Waals surface area contributed by atoms with Crippen molar-refractivity contribution in [3.05, 3.63) is 53.9 Å². The molecule has 2 aliphatic heterocycles. The second-order valence-electron chi connectivity index (χ2n) is 10.2. The van der Waals surface area contributed by atoms with Gasteiger partial charge in [0.1, 0.15) is 0 Å². The number of benzene rings is 1. The standard InChI is InChI=1S/C28H36F3N7O2/c1-19(20-12-17-38(18-13-20)24(39)10-14-28(29,30)31)25-35-27(36-37(25)2)34-23-8-6-21(7-9-23)26(40)33-16-11-22-5-3-4-15-32-22/h6-9,12,22,32H,1,3-5,10-11,13-18H2,2H3,(H,33,40)(H,34,36). The summed E-state index contributed by atoms with van der Waals surface area (Å²) in [6.07, 6.45) is 0.771. The third-order valence-electron chi connectivity index (χ3n) is 7.20. The summed E-state index contributed by atoms with van der Waals surface area (Å²) in [5.74, 6) is 0.271. The van der Waals surface area contributed by atoms with Crippen molar-refractivity contribution in [1.29, 1.82) is 0 Å². The Labute approximate surface area is 231 Å². The van der Waals surface area contributed by atoms with Crippen molar-refractivity contribution in [3.63, 3.8) is 0 Å². The average Bonchev–Trinajstić information content (AvgIpc) is 3.31. The molecule has 3 N–H and O–H groups in total. The second-order valence-corrected chi connectivity index (χ2v) is 10.2. The zero-order valence-electron chi connectivity index (χ0n) is 22.7. The highest BCUT2D eigenvalue weighted by Crippen LogP contribution is 2.28. The number of carbonyl (C=O) groups is 2. The van der Waals surface area contributed by atoms with Crippen molar-refractivity contribution >= 4 is 29.0 Å². The number of alkyl halides is 3. The number of aromatic nitrogens is 3. The number of aryl methyl sites for hydroxylation is 1. The zero-order chi connectivity index (χ0) is 28.7. The van der Waals surface area contributed by atoms with Crippen LogP contribution in [0.15, 0.2) is 42.5 Å². The molecular formula is C28H36F3N7O2. The van der Waals surface area contributed by atoms with Gasteiger partial charge in [0.2, 0.25) is 11.9 Å². The quantitative estimate of drug-likeness (QED) is 0.400. The Bertz CT molecular complexity index is 1230. The van der Waals surface area contributed by atoms with Crippen LogP contribution in [0.5, 0.6) is 0 Å². The van der Waals surface area contributed by atoms with Crippen LogP contribution < -0.4 is 16.0 Å². The maximum absolute atomic E-state index is 12.5. The monoisotopic (exact) mass is 559 g/mol. The normalized spacial score (nSPS) is 17.8. The zero-order valence-corrected chi connectivity index (χ0v) is 22.7. The lowest BCUT2D eigenvalue weighted by Crippen LogP contribution is -2.37. The van der Waals surface area contributed by atoms with Crippen molar-refractivity contribution < 1.29 is 22.8 Å². The van der Waals surface area contributed by atoms with Gasteiger partial charge in [0, 0.05) is 56.0 Å². The van der Waals surface area contributed by atoms with Crippen LogP contribution in [0, 0.1) is 0 Å². The van der Waals surface area contributed by atoms with E-state index in [0.29, 0.717) is 48.5 Å². The second kappa shape index (κ2) is 13.1. The highest BCUT2D eigenvalue weighted by atomic mass is 19.4. The minimum atomic E-state index is -4.35. The average molecular weight is 560 g/mol. The molecular weight excluding hydrogens is 523 g/mol. The summed E-state index contributed by atoms with van der Waals surface area (Å²) in [6, 6.07) is 7.53. The van der Waals surface area contributed by atoms with Gasteiger partial charge in [-0.3, -0.25) is 9.59 Å². The van der Waals surface area contributed by atoms with Gasteiger partial charge in [-0.1, -0.05) is 19.1 Å². The molecule has 40 heavy (non-hydrogen) atoms. The minimum absolute atomic E-state index is 0.113. The molecule has 0 saturated carbocycles. The lowest BCUT2D eigenvalue weighted by molar-refractivity contribution is -0.148. The fraction of sp³-hybridized carbons (Fsp3) is 0.500. The molecule has 3 heterocycles. The molecule has 2 amide bonds. The van der Waals surface area contributed by atoms with E-state index in [1.807, 2.05) is 0 Å². The van der Waals surface area contributed by atoms with E-state index in [4.69, 9.17) is 0 Å². The number of anilines is 2.